The number of aromatic hydroxyl groups is 2. The zero-order valence-electron chi connectivity index (χ0n) is 8.29. The first-order valence-corrected chi connectivity index (χ1v) is 5.74. The maximum Gasteiger partial charge on any atom is 0.167 e. The molecule has 1 heterocycles. The minimum Gasteiger partial charge on any atom is -0.549 e. The third-order valence-electron chi connectivity index (χ3n) is 2.49. The zero-order chi connectivity index (χ0) is 11.7. The van der Waals surface area contributed by atoms with Gasteiger partial charge in [-0.25, -0.2) is 0 Å². The number of carboxylic acids is 1. The first-order chi connectivity index (χ1) is 7.59. The van der Waals surface area contributed by atoms with Gasteiger partial charge in [0.25, 0.3) is 0 Å². The highest BCUT2D eigenvalue weighted by Crippen LogP contribution is 2.38. The second-order valence-corrected chi connectivity index (χ2v) is 4.90. The van der Waals surface area contributed by atoms with Gasteiger partial charge in [0.1, 0.15) is 0 Å². The van der Waals surface area contributed by atoms with Gasteiger partial charge in [-0.1, -0.05) is 17.8 Å². The molecule has 1 aromatic carbocycles. The van der Waals surface area contributed by atoms with E-state index in [0.717, 1.165) is 0 Å². The zero-order valence-corrected chi connectivity index (χ0v) is 9.11. The smallest absolute Gasteiger partial charge is 0.167 e. The Hall–Kier alpha value is -1.40. The molecule has 1 fully saturated rings. The Labute approximate surface area is 96.1 Å². The summed E-state index contributed by atoms with van der Waals surface area (Å²) >= 11 is 1.21. The molecule has 0 saturated carbocycles. The second kappa shape index (κ2) is 4.23. The van der Waals surface area contributed by atoms with Gasteiger partial charge in [0, 0.05) is 0 Å². The maximum atomic E-state index is 10.7. The summed E-state index contributed by atoms with van der Waals surface area (Å²) in [6.45, 7) is 0.409. The summed E-state index contributed by atoms with van der Waals surface area (Å²) in [6.07, 6.45) is 0. The summed E-state index contributed by atoms with van der Waals surface area (Å²) in [5, 5.41) is 30.7. The lowest BCUT2D eigenvalue weighted by Crippen LogP contribution is -2.82. The summed E-state index contributed by atoms with van der Waals surface area (Å²) in [6, 6.07) is 4.67. The van der Waals surface area contributed by atoms with Gasteiger partial charge in [0.15, 0.2) is 16.9 Å². The number of rotatable bonds is 2. The standard InChI is InChI=1S/C10H11NO4S/c12-6-3-1-2-5(8(6)13)9-11-4-7(16-9)10(14)15/h1-3,7,9,11-13H,4H2,(H,14,15)/t7-,9-/m0/s1. The summed E-state index contributed by atoms with van der Waals surface area (Å²) in [7, 11) is 0. The van der Waals surface area contributed by atoms with Crippen LogP contribution in [0, 0.1) is 0 Å². The molecule has 0 unspecified atom stereocenters. The Bertz CT molecular complexity index is 423. The fourth-order valence-electron chi connectivity index (χ4n) is 1.67. The number of carbonyl (C=O) groups is 1. The number of thioether (sulfide) groups is 1. The Morgan fingerprint density at radius 1 is 1.50 bits per heavy atom. The van der Waals surface area contributed by atoms with E-state index in [4.69, 9.17) is 0 Å². The lowest BCUT2D eigenvalue weighted by atomic mass is 10.2. The van der Waals surface area contributed by atoms with Crippen LogP contribution in [0.15, 0.2) is 18.2 Å². The summed E-state index contributed by atoms with van der Waals surface area (Å²) in [4.78, 5) is 10.7. The molecule has 1 aliphatic rings. The van der Waals surface area contributed by atoms with Gasteiger partial charge in [0.05, 0.1) is 23.3 Å². The SMILES string of the molecule is O=C([O-])[C@@H]1C[NH2+][C@H](c2cccc(O)c2O)S1. The number of nitrogens with two attached hydrogens (primary N) is 1. The number of carboxylic acid groups (broad SMARTS) is 1. The van der Waals surface area contributed by atoms with Crippen molar-refractivity contribution in [3.8, 4) is 11.5 Å². The summed E-state index contributed by atoms with van der Waals surface area (Å²) in [5.41, 5.74) is 0.536. The number of hydrogen-bond donors (Lipinski definition) is 3. The lowest BCUT2D eigenvalue weighted by molar-refractivity contribution is -0.665. The van der Waals surface area contributed by atoms with Crippen molar-refractivity contribution >= 4 is 17.7 Å². The van der Waals surface area contributed by atoms with Crippen LogP contribution in [-0.2, 0) is 4.79 Å². The molecule has 0 aliphatic carbocycles. The average molecular weight is 241 g/mol. The first-order valence-electron chi connectivity index (χ1n) is 4.80. The van der Waals surface area contributed by atoms with E-state index in [0.29, 0.717) is 12.1 Å². The molecule has 1 aliphatic heterocycles. The highest BCUT2D eigenvalue weighted by molar-refractivity contribution is 8.00. The van der Waals surface area contributed by atoms with Gasteiger partial charge in [-0.05, 0) is 12.1 Å². The fourth-order valence-corrected chi connectivity index (χ4v) is 2.91. The molecule has 2 rings (SSSR count). The van der Waals surface area contributed by atoms with Crippen LogP contribution in [0.5, 0.6) is 11.5 Å². The number of phenols is 2. The maximum absolute atomic E-state index is 10.7. The van der Waals surface area contributed by atoms with Gasteiger partial charge in [-0.15, -0.1) is 0 Å². The minimum absolute atomic E-state index is 0.185. The third kappa shape index (κ3) is 1.94. The van der Waals surface area contributed by atoms with Crippen molar-refractivity contribution < 1.29 is 25.4 Å². The van der Waals surface area contributed by atoms with Crippen LogP contribution in [0.3, 0.4) is 0 Å². The molecular formula is C10H11NO4S. The highest BCUT2D eigenvalue weighted by atomic mass is 32.2. The Kier molecular flexibility index (Phi) is 2.93. The van der Waals surface area contributed by atoms with Crippen molar-refractivity contribution in [2.24, 2.45) is 0 Å². The van der Waals surface area contributed by atoms with Crippen LogP contribution in [0.25, 0.3) is 0 Å². The van der Waals surface area contributed by atoms with E-state index < -0.39 is 11.2 Å². The van der Waals surface area contributed by atoms with Crippen LogP contribution in [0.4, 0.5) is 0 Å². The topological polar surface area (TPSA) is 97.2 Å². The van der Waals surface area contributed by atoms with E-state index in [1.54, 1.807) is 17.4 Å². The van der Waals surface area contributed by atoms with Crippen LogP contribution in [0.1, 0.15) is 10.9 Å². The molecule has 6 heteroatoms. The van der Waals surface area contributed by atoms with Crippen LogP contribution < -0.4 is 10.4 Å². The Morgan fingerprint density at radius 3 is 2.88 bits per heavy atom. The van der Waals surface area contributed by atoms with E-state index >= 15 is 0 Å². The van der Waals surface area contributed by atoms with E-state index in [9.17, 15) is 20.1 Å². The molecule has 2 atom stereocenters. The molecule has 16 heavy (non-hydrogen) atoms. The van der Waals surface area contributed by atoms with Crippen LogP contribution >= 0.6 is 11.8 Å². The number of aliphatic carboxylic acids is 1. The molecule has 1 saturated heterocycles. The highest BCUT2D eigenvalue weighted by Gasteiger charge is 2.33. The number of phenolic OH excluding ortho intramolecular Hbond substituents is 2. The number of benzene rings is 1. The third-order valence-corrected chi connectivity index (χ3v) is 3.94. The fraction of sp³-hybridized carbons (Fsp3) is 0.300. The monoisotopic (exact) mass is 241 g/mol. The molecule has 4 N–H and O–H groups in total. The van der Waals surface area contributed by atoms with Gasteiger partial charge in [-0.2, -0.15) is 0 Å². The van der Waals surface area contributed by atoms with Crippen LogP contribution in [0.2, 0.25) is 0 Å². The van der Waals surface area contributed by atoms with Crippen LogP contribution in [-0.4, -0.2) is 28.0 Å². The predicted molar refractivity (Wildman–Crippen MR) is 55.7 cm³/mol. The number of quaternary nitrogens is 1. The normalized spacial score (nSPS) is 24.5. The second-order valence-electron chi connectivity index (χ2n) is 3.55. The van der Waals surface area contributed by atoms with Crippen molar-refractivity contribution in [1.29, 1.82) is 0 Å². The Balaban J connectivity index is 2.21. The van der Waals surface area contributed by atoms with Gasteiger partial charge in [0.2, 0.25) is 0 Å². The average Bonchev–Trinajstić information content (AvgIpc) is 2.71. The minimum atomic E-state index is -1.09. The van der Waals surface area contributed by atoms with E-state index in [-0.39, 0.29) is 16.9 Å². The molecule has 0 radical (unpaired) electrons. The summed E-state index contributed by atoms with van der Waals surface area (Å²) < 4.78 is 0. The molecule has 0 aromatic heterocycles. The Morgan fingerprint density at radius 2 is 2.25 bits per heavy atom. The predicted octanol–water partition coefficient (Wildman–Crippen LogP) is -1.47. The first kappa shape index (κ1) is 11.1. The van der Waals surface area contributed by atoms with E-state index in [1.807, 2.05) is 0 Å². The largest absolute Gasteiger partial charge is 0.549 e. The molecular weight excluding hydrogens is 230 g/mol. The molecule has 86 valence electrons. The molecule has 0 amide bonds. The molecule has 0 bridgehead atoms. The number of carbonyl (C=O) groups excluding carboxylic acids is 1. The van der Waals surface area contributed by atoms with Gasteiger partial charge >= 0.3 is 0 Å². The lowest BCUT2D eigenvalue weighted by Gasteiger charge is -2.10. The van der Waals surface area contributed by atoms with E-state index in [1.165, 1.54) is 17.8 Å². The van der Waals surface area contributed by atoms with Gasteiger partial charge in [-0.3, -0.25) is 0 Å². The quantitative estimate of drug-likeness (QED) is 0.549. The van der Waals surface area contributed by atoms with Crippen molar-refractivity contribution in [2.75, 3.05) is 6.54 Å². The van der Waals surface area contributed by atoms with Crippen molar-refractivity contribution in [2.45, 2.75) is 10.6 Å². The molecule has 5 nitrogen and oxygen atoms in total. The number of para-hydroxylation sites is 1. The van der Waals surface area contributed by atoms with Crippen molar-refractivity contribution in [3.63, 3.8) is 0 Å². The molecule has 0 spiro atoms. The van der Waals surface area contributed by atoms with E-state index in [2.05, 4.69) is 0 Å². The van der Waals surface area contributed by atoms with Gasteiger partial charge < -0.3 is 25.4 Å². The molecule has 1 aromatic rings. The van der Waals surface area contributed by atoms with Crippen molar-refractivity contribution in [1.82, 2.24) is 0 Å². The van der Waals surface area contributed by atoms with Crippen molar-refractivity contribution in [3.05, 3.63) is 23.8 Å². The summed E-state index contributed by atoms with van der Waals surface area (Å²) in [5.74, 6) is -1.47. The number of hydrogen-bond acceptors (Lipinski definition) is 5.